The van der Waals surface area contributed by atoms with Crippen molar-refractivity contribution in [3.05, 3.63) is 11.1 Å². The van der Waals surface area contributed by atoms with E-state index in [0.29, 0.717) is 0 Å². The molecule has 16 heavy (non-hydrogen) atoms. The molecule has 5 heteroatoms. The van der Waals surface area contributed by atoms with Crippen molar-refractivity contribution in [3.8, 4) is 0 Å². The summed E-state index contributed by atoms with van der Waals surface area (Å²) in [7, 11) is 0. The van der Waals surface area contributed by atoms with Crippen LogP contribution >= 0.6 is 11.3 Å². The predicted molar refractivity (Wildman–Crippen MR) is 63.0 cm³/mol. The molecule has 2 aliphatic rings. The standard InChI is InChI=1S/C11H16N2O2S/c14-11(1-2-11)7-9-8-12-10(16-9)13-3-5-15-6-4-13/h8,14H,1-7H2. The Hall–Kier alpha value is -0.650. The summed E-state index contributed by atoms with van der Waals surface area (Å²) < 4.78 is 5.31. The second-order valence-corrected chi connectivity index (χ2v) is 5.70. The van der Waals surface area contributed by atoms with Crippen LogP contribution in [-0.2, 0) is 11.2 Å². The lowest BCUT2D eigenvalue weighted by atomic mass is 10.2. The summed E-state index contributed by atoms with van der Waals surface area (Å²) in [6, 6.07) is 0. The number of ether oxygens (including phenoxy) is 1. The summed E-state index contributed by atoms with van der Waals surface area (Å²) in [5.41, 5.74) is -0.408. The maximum atomic E-state index is 9.85. The lowest BCUT2D eigenvalue weighted by Crippen LogP contribution is -2.36. The topological polar surface area (TPSA) is 45.6 Å². The van der Waals surface area contributed by atoms with Gasteiger partial charge >= 0.3 is 0 Å². The molecule has 0 atom stereocenters. The maximum absolute atomic E-state index is 9.85. The number of morpholine rings is 1. The van der Waals surface area contributed by atoms with Crippen LogP contribution in [0.4, 0.5) is 5.13 Å². The second-order valence-electron chi connectivity index (χ2n) is 4.61. The molecule has 1 aliphatic carbocycles. The molecular formula is C11H16N2O2S. The third-order valence-electron chi connectivity index (χ3n) is 3.15. The van der Waals surface area contributed by atoms with Crippen molar-refractivity contribution in [2.75, 3.05) is 31.2 Å². The highest BCUT2D eigenvalue weighted by atomic mass is 32.1. The highest BCUT2D eigenvalue weighted by Gasteiger charge is 2.40. The molecule has 1 saturated carbocycles. The summed E-state index contributed by atoms with van der Waals surface area (Å²) >= 11 is 1.71. The Balaban J connectivity index is 1.66. The van der Waals surface area contributed by atoms with Gasteiger partial charge in [-0.3, -0.25) is 0 Å². The molecule has 0 unspecified atom stereocenters. The van der Waals surface area contributed by atoms with Gasteiger partial charge in [0.2, 0.25) is 0 Å². The lowest BCUT2D eigenvalue weighted by Gasteiger charge is -2.26. The van der Waals surface area contributed by atoms with E-state index >= 15 is 0 Å². The Morgan fingerprint density at radius 3 is 2.88 bits per heavy atom. The fraction of sp³-hybridized carbons (Fsp3) is 0.727. The first-order valence-corrected chi connectivity index (χ1v) is 6.57. The number of anilines is 1. The van der Waals surface area contributed by atoms with E-state index in [2.05, 4.69) is 9.88 Å². The van der Waals surface area contributed by atoms with Gasteiger partial charge in [0, 0.05) is 30.6 Å². The third-order valence-corrected chi connectivity index (χ3v) is 4.21. The molecule has 1 aromatic rings. The van der Waals surface area contributed by atoms with Gasteiger partial charge in [0.1, 0.15) is 0 Å². The zero-order valence-corrected chi connectivity index (χ0v) is 10.0. The Bertz CT molecular complexity index is 370. The molecule has 3 rings (SSSR count). The van der Waals surface area contributed by atoms with Crippen LogP contribution in [-0.4, -0.2) is 42.0 Å². The number of rotatable bonds is 3. The molecular weight excluding hydrogens is 224 g/mol. The highest BCUT2D eigenvalue weighted by molar-refractivity contribution is 7.15. The van der Waals surface area contributed by atoms with Crippen LogP contribution in [0.2, 0.25) is 0 Å². The molecule has 1 N–H and O–H groups in total. The normalized spacial score (nSPS) is 23.4. The molecule has 4 nitrogen and oxygen atoms in total. The van der Waals surface area contributed by atoms with Crippen molar-refractivity contribution in [2.45, 2.75) is 24.9 Å². The van der Waals surface area contributed by atoms with Crippen molar-refractivity contribution >= 4 is 16.5 Å². The van der Waals surface area contributed by atoms with E-state index in [4.69, 9.17) is 4.74 Å². The Kier molecular flexibility index (Phi) is 2.61. The van der Waals surface area contributed by atoms with Gasteiger partial charge in [-0.25, -0.2) is 4.98 Å². The summed E-state index contributed by atoms with van der Waals surface area (Å²) in [5, 5.41) is 10.9. The number of aliphatic hydroxyl groups is 1. The third kappa shape index (κ3) is 2.21. The Labute approximate surface area is 98.9 Å². The van der Waals surface area contributed by atoms with E-state index in [0.717, 1.165) is 50.7 Å². The average molecular weight is 240 g/mol. The number of thiazole rings is 1. The SMILES string of the molecule is OC1(Cc2cnc(N3CCOCC3)s2)CC1. The minimum atomic E-state index is -0.408. The molecule has 1 saturated heterocycles. The van der Waals surface area contributed by atoms with Crippen molar-refractivity contribution in [1.29, 1.82) is 0 Å². The van der Waals surface area contributed by atoms with E-state index in [-0.39, 0.29) is 0 Å². The predicted octanol–water partition coefficient (Wildman–Crippen LogP) is 1.05. The van der Waals surface area contributed by atoms with E-state index in [1.54, 1.807) is 11.3 Å². The molecule has 0 amide bonds. The lowest BCUT2D eigenvalue weighted by molar-refractivity contribution is 0.122. The quantitative estimate of drug-likeness (QED) is 0.857. The number of aromatic nitrogens is 1. The van der Waals surface area contributed by atoms with Crippen molar-refractivity contribution in [2.24, 2.45) is 0 Å². The summed E-state index contributed by atoms with van der Waals surface area (Å²) in [6.45, 7) is 3.44. The van der Waals surface area contributed by atoms with Gasteiger partial charge in [-0.2, -0.15) is 0 Å². The number of nitrogens with zero attached hydrogens (tertiary/aromatic N) is 2. The maximum Gasteiger partial charge on any atom is 0.185 e. The Morgan fingerprint density at radius 1 is 1.44 bits per heavy atom. The van der Waals surface area contributed by atoms with Crippen LogP contribution in [0.15, 0.2) is 6.20 Å². The van der Waals surface area contributed by atoms with Crippen molar-refractivity contribution < 1.29 is 9.84 Å². The average Bonchev–Trinajstić information content (AvgIpc) is 2.86. The fourth-order valence-corrected chi connectivity index (χ4v) is 3.02. The summed E-state index contributed by atoms with van der Waals surface area (Å²) in [4.78, 5) is 7.88. The van der Waals surface area contributed by atoms with Crippen LogP contribution in [0.1, 0.15) is 17.7 Å². The van der Waals surface area contributed by atoms with Crippen LogP contribution in [0, 0.1) is 0 Å². The van der Waals surface area contributed by atoms with Gasteiger partial charge in [0.05, 0.1) is 18.8 Å². The van der Waals surface area contributed by atoms with E-state index < -0.39 is 5.60 Å². The van der Waals surface area contributed by atoms with Crippen LogP contribution < -0.4 is 4.90 Å². The molecule has 0 bridgehead atoms. The van der Waals surface area contributed by atoms with Gasteiger partial charge in [0.15, 0.2) is 5.13 Å². The van der Waals surface area contributed by atoms with Gasteiger partial charge < -0.3 is 14.7 Å². The minimum absolute atomic E-state index is 0.408. The zero-order chi connectivity index (χ0) is 11.0. The zero-order valence-electron chi connectivity index (χ0n) is 9.19. The first-order valence-electron chi connectivity index (χ1n) is 5.75. The fourth-order valence-electron chi connectivity index (χ4n) is 1.93. The summed E-state index contributed by atoms with van der Waals surface area (Å²) in [5.74, 6) is 0. The molecule has 2 heterocycles. The molecule has 0 radical (unpaired) electrons. The van der Waals surface area contributed by atoms with Crippen LogP contribution in [0.5, 0.6) is 0 Å². The van der Waals surface area contributed by atoms with E-state index in [1.165, 1.54) is 4.88 Å². The largest absolute Gasteiger partial charge is 0.390 e. The van der Waals surface area contributed by atoms with Crippen molar-refractivity contribution in [1.82, 2.24) is 4.98 Å². The smallest absolute Gasteiger partial charge is 0.185 e. The first kappa shape index (κ1) is 10.5. The number of hydrogen-bond acceptors (Lipinski definition) is 5. The monoisotopic (exact) mass is 240 g/mol. The van der Waals surface area contributed by atoms with E-state index in [1.807, 2.05) is 6.20 Å². The Morgan fingerprint density at radius 2 is 2.19 bits per heavy atom. The molecule has 0 aromatic carbocycles. The van der Waals surface area contributed by atoms with Gasteiger partial charge in [-0.1, -0.05) is 0 Å². The molecule has 1 aliphatic heterocycles. The highest BCUT2D eigenvalue weighted by Crippen LogP contribution is 2.40. The van der Waals surface area contributed by atoms with Gasteiger partial charge in [-0.15, -0.1) is 11.3 Å². The van der Waals surface area contributed by atoms with Gasteiger partial charge in [-0.05, 0) is 12.8 Å². The molecule has 0 spiro atoms. The van der Waals surface area contributed by atoms with Crippen LogP contribution in [0.25, 0.3) is 0 Å². The first-order chi connectivity index (χ1) is 7.75. The molecule has 88 valence electrons. The van der Waals surface area contributed by atoms with Crippen molar-refractivity contribution in [3.63, 3.8) is 0 Å². The molecule has 2 fully saturated rings. The number of hydrogen-bond donors (Lipinski definition) is 1. The summed E-state index contributed by atoms with van der Waals surface area (Å²) in [6.07, 6.45) is 4.57. The minimum Gasteiger partial charge on any atom is -0.390 e. The second kappa shape index (κ2) is 3.98. The van der Waals surface area contributed by atoms with Gasteiger partial charge in [0.25, 0.3) is 0 Å². The van der Waals surface area contributed by atoms with E-state index in [9.17, 15) is 5.11 Å². The van der Waals surface area contributed by atoms with Crippen LogP contribution in [0.3, 0.4) is 0 Å². The molecule has 1 aromatic heterocycles.